The first-order valence-corrected chi connectivity index (χ1v) is 7.48. The average Bonchev–Trinajstić information content (AvgIpc) is 2.47. The highest BCUT2D eigenvalue weighted by Crippen LogP contribution is 2.32. The lowest BCUT2D eigenvalue weighted by atomic mass is 9.86. The Labute approximate surface area is 118 Å². The standard InChI is InChI=1S/C17H29NO/c1-6-12-18-16(17(4,8-3)19-5)15-11-9-10-14(7-2)13-15/h9-11,13,16,18H,6-8,12H2,1-5H3. The second kappa shape index (κ2) is 7.66. The summed E-state index contributed by atoms with van der Waals surface area (Å²) >= 11 is 0. The monoisotopic (exact) mass is 263 g/mol. The lowest BCUT2D eigenvalue weighted by molar-refractivity contribution is -0.0299. The topological polar surface area (TPSA) is 21.3 Å². The predicted octanol–water partition coefficient (Wildman–Crippen LogP) is 4.10. The molecule has 1 N–H and O–H groups in total. The van der Waals surface area contributed by atoms with Crippen LogP contribution >= 0.6 is 0 Å². The third-order valence-corrected chi connectivity index (χ3v) is 4.07. The number of aryl methyl sites for hydroxylation is 1. The van der Waals surface area contributed by atoms with Crippen LogP contribution in [0.25, 0.3) is 0 Å². The molecule has 1 aromatic carbocycles. The first-order valence-electron chi connectivity index (χ1n) is 7.48. The molecule has 2 unspecified atom stereocenters. The van der Waals surface area contributed by atoms with E-state index in [0.717, 1.165) is 25.8 Å². The molecule has 0 bridgehead atoms. The van der Waals surface area contributed by atoms with Crippen LogP contribution in [0.3, 0.4) is 0 Å². The number of hydrogen-bond acceptors (Lipinski definition) is 2. The van der Waals surface area contributed by atoms with E-state index in [1.165, 1.54) is 11.1 Å². The summed E-state index contributed by atoms with van der Waals surface area (Å²) in [4.78, 5) is 0. The number of hydrogen-bond donors (Lipinski definition) is 1. The van der Waals surface area contributed by atoms with Gasteiger partial charge in [-0.1, -0.05) is 45.0 Å². The Balaban J connectivity index is 3.07. The molecule has 1 aromatic rings. The molecule has 0 saturated carbocycles. The largest absolute Gasteiger partial charge is 0.377 e. The summed E-state index contributed by atoms with van der Waals surface area (Å²) < 4.78 is 5.81. The maximum absolute atomic E-state index is 5.81. The van der Waals surface area contributed by atoms with Crippen molar-refractivity contribution >= 4 is 0 Å². The van der Waals surface area contributed by atoms with Gasteiger partial charge in [-0.25, -0.2) is 0 Å². The molecule has 0 aliphatic carbocycles. The smallest absolute Gasteiger partial charge is 0.0841 e. The summed E-state index contributed by atoms with van der Waals surface area (Å²) in [6.07, 6.45) is 3.19. The Hall–Kier alpha value is -0.860. The van der Waals surface area contributed by atoms with Crippen molar-refractivity contribution in [3.05, 3.63) is 35.4 Å². The Kier molecular flexibility index (Phi) is 6.53. The molecule has 2 nitrogen and oxygen atoms in total. The second-order valence-corrected chi connectivity index (χ2v) is 5.36. The molecule has 0 amide bonds. The molecule has 0 saturated heterocycles. The Morgan fingerprint density at radius 1 is 1.26 bits per heavy atom. The van der Waals surface area contributed by atoms with E-state index in [4.69, 9.17) is 4.74 Å². The van der Waals surface area contributed by atoms with Crippen LogP contribution in [0.1, 0.15) is 57.7 Å². The number of ether oxygens (including phenoxy) is 1. The molecule has 108 valence electrons. The number of methoxy groups -OCH3 is 1. The molecular formula is C17H29NO. The van der Waals surface area contributed by atoms with E-state index >= 15 is 0 Å². The molecule has 0 heterocycles. The molecule has 19 heavy (non-hydrogen) atoms. The maximum Gasteiger partial charge on any atom is 0.0841 e. The summed E-state index contributed by atoms with van der Waals surface area (Å²) in [5.41, 5.74) is 2.55. The minimum Gasteiger partial charge on any atom is -0.377 e. The predicted molar refractivity (Wildman–Crippen MR) is 82.6 cm³/mol. The molecule has 0 fully saturated rings. The van der Waals surface area contributed by atoms with Crippen LogP contribution in [0.2, 0.25) is 0 Å². The van der Waals surface area contributed by atoms with Gasteiger partial charge in [0.1, 0.15) is 0 Å². The van der Waals surface area contributed by atoms with Crippen molar-refractivity contribution in [2.24, 2.45) is 0 Å². The summed E-state index contributed by atoms with van der Waals surface area (Å²) in [5.74, 6) is 0. The van der Waals surface area contributed by atoms with Gasteiger partial charge in [0.2, 0.25) is 0 Å². The van der Waals surface area contributed by atoms with Crippen LogP contribution in [0, 0.1) is 0 Å². The fourth-order valence-electron chi connectivity index (χ4n) is 2.43. The molecule has 0 aliphatic heterocycles. The highest BCUT2D eigenvalue weighted by Gasteiger charge is 2.33. The van der Waals surface area contributed by atoms with Gasteiger partial charge in [-0.15, -0.1) is 0 Å². The first-order chi connectivity index (χ1) is 9.11. The van der Waals surface area contributed by atoms with E-state index in [2.05, 4.69) is 57.3 Å². The van der Waals surface area contributed by atoms with Gasteiger partial charge >= 0.3 is 0 Å². The third kappa shape index (κ3) is 4.05. The van der Waals surface area contributed by atoms with Crippen molar-refractivity contribution in [2.45, 2.75) is 58.6 Å². The van der Waals surface area contributed by atoms with Gasteiger partial charge in [0.15, 0.2) is 0 Å². The zero-order valence-electron chi connectivity index (χ0n) is 13.1. The van der Waals surface area contributed by atoms with Crippen molar-refractivity contribution in [3.63, 3.8) is 0 Å². The number of rotatable bonds is 8. The van der Waals surface area contributed by atoms with Crippen molar-refractivity contribution in [1.82, 2.24) is 5.32 Å². The Bertz CT molecular complexity index is 371. The minimum absolute atomic E-state index is 0.165. The van der Waals surface area contributed by atoms with Crippen LogP contribution in [-0.2, 0) is 11.2 Å². The highest BCUT2D eigenvalue weighted by molar-refractivity contribution is 5.28. The van der Waals surface area contributed by atoms with E-state index in [-0.39, 0.29) is 11.6 Å². The van der Waals surface area contributed by atoms with Gasteiger partial charge in [-0.05, 0) is 43.9 Å². The summed E-state index contributed by atoms with van der Waals surface area (Å²) in [5, 5.41) is 3.65. The fourth-order valence-corrected chi connectivity index (χ4v) is 2.43. The zero-order valence-corrected chi connectivity index (χ0v) is 13.1. The van der Waals surface area contributed by atoms with E-state index in [1.807, 2.05) is 7.11 Å². The maximum atomic E-state index is 5.81. The lowest BCUT2D eigenvalue weighted by Crippen LogP contribution is -2.43. The van der Waals surface area contributed by atoms with Crippen LogP contribution in [-0.4, -0.2) is 19.3 Å². The van der Waals surface area contributed by atoms with E-state index < -0.39 is 0 Å². The van der Waals surface area contributed by atoms with Crippen molar-refractivity contribution in [3.8, 4) is 0 Å². The highest BCUT2D eigenvalue weighted by atomic mass is 16.5. The lowest BCUT2D eigenvalue weighted by Gasteiger charge is -2.37. The number of benzene rings is 1. The molecule has 2 heteroatoms. The summed E-state index contributed by atoms with van der Waals surface area (Å²) in [6.45, 7) is 9.79. The molecule has 1 rings (SSSR count). The molecule has 0 aliphatic rings. The SMILES string of the molecule is CCCNC(c1cccc(CC)c1)C(C)(CC)OC. The van der Waals surface area contributed by atoms with Gasteiger partial charge in [0, 0.05) is 7.11 Å². The Morgan fingerprint density at radius 3 is 2.53 bits per heavy atom. The quantitative estimate of drug-likeness (QED) is 0.762. The van der Waals surface area contributed by atoms with Gasteiger partial charge in [0.25, 0.3) is 0 Å². The minimum atomic E-state index is -0.165. The summed E-state index contributed by atoms with van der Waals surface area (Å²) in [7, 11) is 1.81. The molecule has 0 radical (unpaired) electrons. The van der Waals surface area contributed by atoms with Crippen LogP contribution in [0.4, 0.5) is 0 Å². The van der Waals surface area contributed by atoms with E-state index in [1.54, 1.807) is 0 Å². The Morgan fingerprint density at radius 2 is 2.00 bits per heavy atom. The average molecular weight is 263 g/mol. The van der Waals surface area contributed by atoms with Crippen LogP contribution in [0.5, 0.6) is 0 Å². The van der Waals surface area contributed by atoms with Gasteiger partial charge in [-0.2, -0.15) is 0 Å². The van der Waals surface area contributed by atoms with E-state index in [0.29, 0.717) is 0 Å². The molecule has 0 aromatic heterocycles. The van der Waals surface area contributed by atoms with Gasteiger partial charge < -0.3 is 10.1 Å². The molecule has 2 atom stereocenters. The fraction of sp³-hybridized carbons (Fsp3) is 0.647. The zero-order chi connectivity index (χ0) is 14.3. The van der Waals surface area contributed by atoms with Crippen molar-refractivity contribution < 1.29 is 4.74 Å². The first kappa shape index (κ1) is 16.2. The van der Waals surface area contributed by atoms with Crippen LogP contribution < -0.4 is 5.32 Å². The third-order valence-electron chi connectivity index (χ3n) is 4.07. The molecular weight excluding hydrogens is 234 g/mol. The second-order valence-electron chi connectivity index (χ2n) is 5.36. The van der Waals surface area contributed by atoms with Gasteiger partial charge in [-0.3, -0.25) is 0 Å². The van der Waals surface area contributed by atoms with Gasteiger partial charge in [0.05, 0.1) is 11.6 Å². The van der Waals surface area contributed by atoms with Crippen molar-refractivity contribution in [2.75, 3.05) is 13.7 Å². The summed E-state index contributed by atoms with van der Waals surface area (Å²) in [6, 6.07) is 9.10. The number of nitrogens with one attached hydrogen (secondary N) is 1. The molecule has 0 spiro atoms. The normalized spacial score (nSPS) is 16.1. The van der Waals surface area contributed by atoms with E-state index in [9.17, 15) is 0 Å². The van der Waals surface area contributed by atoms with Crippen LogP contribution in [0.15, 0.2) is 24.3 Å². The van der Waals surface area contributed by atoms with Crippen molar-refractivity contribution in [1.29, 1.82) is 0 Å².